The molecule has 0 spiro atoms. The third kappa shape index (κ3) is 2.88. The van der Waals surface area contributed by atoms with Crippen molar-refractivity contribution in [1.29, 1.82) is 0 Å². The summed E-state index contributed by atoms with van der Waals surface area (Å²) in [7, 11) is 0. The second kappa shape index (κ2) is 5.96. The van der Waals surface area contributed by atoms with E-state index in [1.54, 1.807) is 0 Å². The van der Waals surface area contributed by atoms with E-state index >= 15 is 0 Å². The number of hydrogen-bond donors (Lipinski definition) is 2. The maximum absolute atomic E-state index is 12.3. The molecule has 1 amide bonds. The zero-order valence-electron chi connectivity index (χ0n) is 12.2. The van der Waals surface area contributed by atoms with Gasteiger partial charge in [0, 0.05) is 6.42 Å². The normalized spacial score (nSPS) is 26.2. The Bertz CT molecular complexity index is 480. The van der Waals surface area contributed by atoms with Crippen LogP contribution in [0.1, 0.15) is 43.4 Å². The van der Waals surface area contributed by atoms with Crippen LogP contribution in [0, 0.1) is 11.8 Å². The predicted octanol–water partition coefficient (Wildman–Crippen LogP) is 2.43. The highest BCUT2D eigenvalue weighted by atomic mass is 16.1. The monoisotopic (exact) mass is 272 g/mol. The minimum atomic E-state index is 0.209. The van der Waals surface area contributed by atoms with Crippen LogP contribution < -0.4 is 10.6 Å². The van der Waals surface area contributed by atoms with Crippen molar-refractivity contribution in [1.82, 2.24) is 10.6 Å². The number of carbonyl (C=O) groups excluding carboxylic acids is 1. The van der Waals surface area contributed by atoms with Gasteiger partial charge in [-0.1, -0.05) is 31.2 Å². The second-order valence-corrected chi connectivity index (χ2v) is 6.32. The summed E-state index contributed by atoms with van der Waals surface area (Å²) in [6, 6.07) is 8.72. The summed E-state index contributed by atoms with van der Waals surface area (Å²) < 4.78 is 0. The van der Waals surface area contributed by atoms with Gasteiger partial charge in [0.15, 0.2) is 0 Å². The molecule has 108 valence electrons. The quantitative estimate of drug-likeness (QED) is 0.887. The van der Waals surface area contributed by atoms with E-state index in [2.05, 4.69) is 41.8 Å². The van der Waals surface area contributed by atoms with Crippen LogP contribution in [0.4, 0.5) is 0 Å². The first-order valence-corrected chi connectivity index (χ1v) is 7.82. The van der Waals surface area contributed by atoms with Crippen LogP contribution in [0.25, 0.3) is 0 Å². The largest absolute Gasteiger partial charge is 0.349 e. The van der Waals surface area contributed by atoms with Gasteiger partial charge < -0.3 is 10.6 Å². The lowest BCUT2D eigenvalue weighted by molar-refractivity contribution is -0.123. The van der Waals surface area contributed by atoms with Gasteiger partial charge in [-0.2, -0.15) is 0 Å². The third-order valence-electron chi connectivity index (χ3n) is 4.75. The number of rotatable bonds is 3. The lowest BCUT2D eigenvalue weighted by Gasteiger charge is -2.24. The van der Waals surface area contributed by atoms with Crippen molar-refractivity contribution in [2.24, 2.45) is 11.8 Å². The number of carbonyl (C=O) groups is 1. The van der Waals surface area contributed by atoms with Gasteiger partial charge in [-0.15, -0.1) is 0 Å². The van der Waals surface area contributed by atoms with Gasteiger partial charge in [-0.25, -0.2) is 0 Å². The number of benzene rings is 1. The minimum absolute atomic E-state index is 0.209. The first kappa shape index (κ1) is 13.6. The molecule has 1 saturated heterocycles. The maximum atomic E-state index is 12.3. The molecule has 2 atom stereocenters. The molecule has 0 saturated carbocycles. The third-order valence-corrected chi connectivity index (χ3v) is 4.75. The Morgan fingerprint density at radius 3 is 2.85 bits per heavy atom. The molecule has 3 rings (SSSR count). The number of nitrogens with one attached hydrogen (secondary N) is 2. The van der Waals surface area contributed by atoms with Gasteiger partial charge in [0.1, 0.15) is 0 Å². The Labute approximate surface area is 121 Å². The van der Waals surface area contributed by atoms with Crippen molar-refractivity contribution in [2.45, 2.75) is 38.6 Å². The molecule has 1 aromatic rings. The van der Waals surface area contributed by atoms with Crippen LogP contribution in [0.3, 0.4) is 0 Å². The fraction of sp³-hybridized carbons (Fsp3) is 0.588. The summed E-state index contributed by atoms with van der Waals surface area (Å²) in [6.07, 6.45) is 4.02. The summed E-state index contributed by atoms with van der Waals surface area (Å²) in [5.41, 5.74) is 2.71. The fourth-order valence-corrected chi connectivity index (χ4v) is 3.60. The lowest BCUT2D eigenvalue weighted by Crippen LogP contribution is -2.34. The average molecular weight is 272 g/mol. The van der Waals surface area contributed by atoms with Gasteiger partial charge in [0.25, 0.3) is 0 Å². The Morgan fingerprint density at radius 1 is 1.30 bits per heavy atom. The molecule has 20 heavy (non-hydrogen) atoms. The number of fused-ring (bicyclic) bond motifs is 1. The molecule has 0 radical (unpaired) electrons. The molecule has 0 aromatic heterocycles. The first-order valence-electron chi connectivity index (χ1n) is 7.82. The molecule has 2 aliphatic rings. The molecule has 1 heterocycles. The van der Waals surface area contributed by atoms with Crippen molar-refractivity contribution in [3.63, 3.8) is 0 Å². The molecular weight excluding hydrogens is 248 g/mol. The topological polar surface area (TPSA) is 41.1 Å². The van der Waals surface area contributed by atoms with Gasteiger partial charge in [-0.3, -0.25) is 4.79 Å². The summed E-state index contributed by atoms with van der Waals surface area (Å²) in [6.45, 7) is 4.34. The van der Waals surface area contributed by atoms with Crippen LogP contribution in [0.15, 0.2) is 24.3 Å². The highest BCUT2D eigenvalue weighted by Crippen LogP contribution is 2.35. The highest BCUT2D eigenvalue weighted by Gasteiger charge is 2.30. The SMILES string of the molecule is C[C@H]1Cc2ccccc2[C@H]1NC(=O)CC1CCNCC1. The van der Waals surface area contributed by atoms with E-state index in [0.717, 1.165) is 32.4 Å². The molecule has 3 heteroatoms. The standard InChI is InChI=1S/C17H24N2O/c1-12-10-14-4-2-3-5-15(14)17(12)19-16(20)11-13-6-8-18-9-7-13/h2-5,12-13,17-18H,6-11H2,1H3,(H,19,20)/t12-,17-/m0/s1. The van der Waals surface area contributed by atoms with Crippen LogP contribution in [-0.2, 0) is 11.2 Å². The van der Waals surface area contributed by atoms with Crippen LogP contribution in [0.2, 0.25) is 0 Å². The van der Waals surface area contributed by atoms with Crippen molar-refractivity contribution in [2.75, 3.05) is 13.1 Å². The van der Waals surface area contributed by atoms with E-state index in [-0.39, 0.29) is 11.9 Å². The molecule has 0 unspecified atom stereocenters. The lowest BCUT2D eigenvalue weighted by atomic mass is 9.93. The average Bonchev–Trinajstić information content (AvgIpc) is 2.76. The Morgan fingerprint density at radius 2 is 2.05 bits per heavy atom. The summed E-state index contributed by atoms with van der Waals surface area (Å²) in [5, 5.41) is 6.62. The van der Waals surface area contributed by atoms with Crippen molar-refractivity contribution < 1.29 is 4.79 Å². The first-order chi connectivity index (χ1) is 9.74. The van der Waals surface area contributed by atoms with Crippen LogP contribution in [0.5, 0.6) is 0 Å². The van der Waals surface area contributed by atoms with Gasteiger partial charge in [0.05, 0.1) is 6.04 Å². The summed E-state index contributed by atoms with van der Waals surface area (Å²) in [4.78, 5) is 12.3. The van der Waals surface area contributed by atoms with Gasteiger partial charge in [0.2, 0.25) is 5.91 Å². The Balaban J connectivity index is 1.61. The molecular formula is C17H24N2O. The number of amides is 1. The highest BCUT2D eigenvalue weighted by molar-refractivity contribution is 5.77. The van der Waals surface area contributed by atoms with Crippen molar-refractivity contribution >= 4 is 5.91 Å². The van der Waals surface area contributed by atoms with E-state index in [0.29, 0.717) is 18.3 Å². The molecule has 1 fully saturated rings. The van der Waals surface area contributed by atoms with E-state index in [4.69, 9.17) is 0 Å². The van der Waals surface area contributed by atoms with E-state index in [1.807, 2.05) is 0 Å². The predicted molar refractivity (Wildman–Crippen MR) is 80.4 cm³/mol. The minimum Gasteiger partial charge on any atom is -0.349 e. The van der Waals surface area contributed by atoms with Gasteiger partial charge in [-0.05, 0) is 55.3 Å². The molecule has 1 aliphatic heterocycles. The summed E-state index contributed by atoms with van der Waals surface area (Å²) >= 11 is 0. The molecule has 2 N–H and O–H groups in total. The summed E-state index contributed by atoms with van der Waals surface area (Å²) in [5.74, 6) is 1.29. The Hall–Kier alpha value is -1.35. The van der Waals surface area contributed by atoms with Crippen molar-refractivity contribution in [3.05, 3.63) is 35.4 Å². The zero-order chi connectivity index (χ0) is 13.9. The van der Waals surface area contributed by atoms with Gasteiger partial charge >= 0.3 is 0 Å². The number of hydrogen-bond acceptors (Lipinski definition) is 2. The molecule has 0 bridgehead atoms. The Kier molecular flexibility index (Phi) is 4.06. The zero-order valence-corrected chi connectivity index (χ0v) is 12.2. The van der Waals surface area contributed by atoms with E-state index in [9.17, 15) is 4.79 Å². The smallest absolute Gasteiger partial charge is 0.220 e. The molecule has 1 aromatic carbocycles. The van der Waals surface area contributed by atoms with Crippen molar-refractivity contribution in [3.8, 4) is 0 Å². The second-order valence-electron chi connectivity index (χ2n) is 6.32. The molecule has 1 aliphatic carbocycles. The van der Waals surface area contributed by atoms with Crippen LogP contribution >= 0.6 is 0 Å². The molecule has 3 nitrogen and oxygen atoms in total. The fourth-order valence-electron chi connectivity index (χ4n) is 3.60. The van der Waals surface area contributed by atoms with E-state index < -0.39 is 0 Å². The van der Waals surface area contributed by atoms with E-state index in [1.165, 1.54) is 11.1 Å². The maximum Gasteiger partial charge on any atom is 0.220 e. The number of piperidine rings is 1. The van der Waals surface area contributed by atoms with Crippen LogP contribution in [-0.4, -0.2) is 19.0 Å².